The van der Waals surface area contributed by atoms with Crippen molar-refractivity contribution in [2.24, 2.45) is 0 Å². The van der Waals surface area contributed by atoms with Crippen molar-refractivity contribution in [2.75, 3.05) is 30.3 Å². The van der Waals surface area contributed by atoms with E-state index in [1.54, 1.807) is 12.1 Å². The highest BCUT2D eigenvalue weighted by molar-refractivity contribution is 5.85. The normalized spacial score (nSPS) is 15.4. The lowest BCUT2D eigenvalue weighted by Gasteiger charge is -2.29. The lowest BCUT2D eigenvalue weighted by Crippen LogP contribution is -2.47. The van der Waals surface area contributed by atoms with Crippen molar-refractivity contribution in [3.63, 3.8) is 0 Å². The molecule has 16 heavy (non-hydrogen) atoms. The van der Waals surface area contributed by atoms with Gasteiger partial charge in [0.05, 0.1) is 23.5 Å². The van der Waals surface area contributed by atoms with Crippen LogP contribution < -0.4 is 16.0 Å². The molecule has 1 aromatic rings. The number of para-hydroxylation sites is 1. The molecule has 2 rings (SSSR count). The molecule has 5 nitrogen and oxygen atoms in total. The molecule has 1 aromatic carbocycles. The van der Waals surface area contributed by atoms with Gasteiger partial charge in [-0.25, -0.2) is 0 Å². The molecule has 82 valence electrons. The van der Waals surface area contributed by atoms with Crippen LogP contribution in [-0.2, 0) is 4.79 Å². The number of benzene rings is 1. The van der Waals surface area contributed by atoms with Gasteiger partial charge in [-0.2, -0.15) is 5.26 Å². The summed E-state index contributed by atoms with van der Waals surface area (Å²) in [5, 5.41) is 11.6. The van der Waals surface area contributed by atoms with Gasteiger partial charge in [0.15, 0.2) is 0 Å². The molecule has 1 amide bonds. The zero-order valence-electron chi connectivity index (χ0n) is 8.73. The Balaban J connectivity index is 2.33. The minimum absolute atomic E-state index is 0.0204. The molecule has 0 aromatic heterocycles. The van der Waals surface area contributed by atoms with E-state index in [4.69, 9.17) is 11.0 Å². The van der Waals surface area contributed by atoms with E-state index in [1.807, 2.05) is 17.0 Å². The summed E-state index contributed by atoms with van der Waals surface area (Å²) in [5.74, 6) is -0.0204. The molecule has 1 aliphatic rings. The highest BCUT2D eigenvalue weighted by Crippen LogP contribution is 2.26. The summed E-state index contributed by atoms with van der Waals surface area (Å²) in [4.78, 5) is 13.1. The minimum Gasteiger partial charge on any atom is -0.396 e. The van der Waals surface area contributed by atoms with Gasteiger partial charge in [0.2, 0.25) is 5.91 Å². The molecule has 1 saturated heterocycles. The maximum Gasteiger partial charge on any atom is 0.239 e. The van der Waals surface area contributed by atoms with Gasteiger partial charge in [-0.1, -0.05) is 6.07 Å². The number of hydrogen-bond acceptors (Lipinski definition) is 4. The van der Waals surface area contributed by atoms with Gasteiger partial charge in [0.1, 0.15) is 6.07 Å². The largest absolute Gasteiger partial charge is 0.396 e. The van der Waals surface area contributed by atoms with E-state index in [2.05, 4.69) is 5.32 Å². The van der Waals surface area contributed by atoms with Gasteiger partial charge >= 0.3 is 0 Å². The standard InChI is InChI=1S/C11H12N4O/c12-6-8-2-1-3-9(11(8)13)15-5-4-14-10(16)7-15/h1-3H,4-5,7,13H2,(H,14,16). The molecule has 5 heteroatoms. The first-order chi connectivity index (χ1) is 7.72. The lowest BCUT2D eigenvalue weighted by atomic mass is 10.1. The third-order valence-corrected chi connectivity index (χ3v) is 2.58. The average molecular weight is 216 g/mol. The molecule has 0 bridgehead atoms. The number of anilines is 2. The monoisotopic (exact) mass is 216 g/mol. The summed E-state index contributed by atoms with van der Waals surface area (Å²) in [6.07, 6.45) is 0. The fourth-order valence-corrected chi connectivity index (χ4v) is 1.77. The maximum absolute atomic E-state index is 11.3. The number of amides is 1. The van der Waals surface area contributed by atoms with Crippen LogP contribution in [0.25, 0.3) is 0 Å². The van der Waals surface area contributed by atoms with Crippen molar-refractivity contribution < 1.29 is 4.79 Å². The van der Waals surface area contributed by atoms with Crippen molar-refractivity contribution in [1.29, 1.82) is 5.26 Å². The number of hydrogen-bond donors (Lipinski definition) is 2. The van der Waals surface area contributed by atoms with Crippen molar-refractivity contribution in [2.45, 2.75) is 0 Å². The number of carbonyl (C=O) groups is 1. The molecular weight excluding hydrogens is 204 g/mol. The number of nitrogens with two attached hydrogens (primary N) is 1. The van der Waals surface area contributed by atoms with E-state index in [0.29, 0.717) is 30.9 Å². The predicted octanol–water partition coefficient (Wildman–Crippen LogP) is 0.0767. The molecule has 0 unspecified atom stereocenters. The first kappa shape index (κ1) is 10.3. The lowest BCUT2D eigenvalue weighted by molar-refractivity contribution is -0.120. The number of nitrogen functional groups attached to an aromatic ring is 1. The fraction of sp³-hybridized carbons (Fsp3) is 0.273. The van der Waals surface area contributed by atoms with E-state index in [0.717, 1.165) is 5.69 Å². The number of carbonyl (C=O) groups excluding carboxylic acids is 1. The second-order valence-electron chi connectivity index (χ2n) is 3.62. The summed E-state index contributed by atoms with van der Waals surface area (Å²) < 4.78 is 0. The van der Waals surface area contributed by atoms with Crippen LogP contribution in [0.4, 0.5) is 11.4 Å². The van der Waals surface area contributed by atoms with Crippen LogP contribution in [0, 0.1) is 11.3 Å². The summed E-state index contributed by atoms with van der Waals surface area (Å²) in [5.41, 5.74) is 7.52. The molecule has 0 saturated carbocycles. The van der Waals surface area contributed by atoms with Crippen LogP contribution in [0.3, 0.4) is 0 Å². The van der Waals surface area contributed by atoms with Gasteiger partial charge in [0, 0.05) is 13.1 Å². The smallest absolute Gasteiger partial charge is 0.239 e. The van der Waals surface area contributed by atoms with Crippen molar-refractivity contribution >= 4 is 17.3 Å². The van der Waals surface area contributed by atoms with Crippen LogP contribution in [0.2, 0.25) is 0 Å². The molecule has 1 heterocycles. The number of nitrogens with one attached hydrogen (secondary N) is 1. The van der Waals surface area contributed by atoms with E-state index < -0.39 is 0 Å². The molecule has 0 aliphatic carbocycles. The molecule has 0 atom stereocenters. The summed E-state index contributed by atoms with van der Waals surface area (Å²) in [6, 6.07) is 7.31. The molecule has 1 aliphatic heterocycles. The molecular formula is C11H12N4O. The van der Waals surface area contributed by atoms with E-state index in [9.17, 15) is 4.79 Å². The number of nitriles is 1. The Kier molecular flexibility index (Phi) is 2.64. The number of piperazine rings is 1. The van der Waals surface area contributed by atoms with Gasteiger partial charge in [-0.3, -0.25) is 4.79 Å². The molecule has 3 N–H and O–H groups in total. The van der Waals surface area contributed by atoms with E-state index in [1.165, 1.54) is 0 Å². The SMILES string of the molecule is N#Cc1cccc(N2CCNC(=O)C2)c1N. The quantitative estimate of drug-likeness (QED) is 0.651. The summed E-state index contributed by atoms with van der Waals surface area (Å²) in [6.45, 7) is 1.61. The van der Waals surface area contributed by atoms with Gasteiger partial charge < -0.3 is 16.0 Å². The fourth-order valence-electron chi connectivity index (χ4n) is 1.77. The first-order valence-electron chi connectivity index (χ1n) is 5.02. The highest BCUT2D eigenvalue weighted by Gasteiger charge is 2.19. The third-order valence-electron chi connectivity index (χ3n) is 2.58. The van der Waals surface area contributed by atoms with Gasteiger partial charge in [-0.05, 0) is 12.1 Å². The Hall–Kier alpha value is -2.22. The van der Waals surface area contributed by atoms with Crippen LogP contribution >= 0.6 is 0 Å². The van der Waals surface area contributed by atoms with Crippen LogP contribution in [-0.4, -0.2) is 25.5 Å². The minimum atomic E-state index is -0.0204. The number of nitrogens with zero attached hydrogens (tertiary/aromatic N) is 2. The second kappa shape index (κ2) is 4.11. The Morgan fingerprint density at radius 3 is 3.00 bits per heavy atom. The zero-order valence-corrected chi connectivity index (χ0v) is 8.73. The van der Waals surface area contributed by atoms with Crippen LogP contribution in [0.15, 0.2) is 18.2 Å². The Morgan fingerprint density at radius 2 is 2.31 bits per heavy atom. The van der Waals surface area contributed by atoms with Crippen molar-refractivity contribution in [3.8, 4) is 6.07 Å². The summed E-state index contributed by atoms with van der Waals surface area (Å²) >= 11 is 0. The highest BCUT2D eigenvalue weighted by atomic mass is 16.2. The van der Waals surface area contributed by atoms with Crippen LogP contribution in [0.1, 0.15) is 5.56 Å². The Bertz CT molecular complexity index is 464. The van der Waals surface area contributed by atoms with E-state index >= 15 is 0 Å². The Labute approximate surface area is 93.5 Å². The van der Waals surface area contributed by atoms with Crippen LogP contribution in [0.5, 0.6) is 0 Å². The Morgan fingerprint density at radius 1 is 1.50 bits per heavy atom. The zero-order chi connectivity index (χ0) is 11.5. The summed E-state index contributed by atoms with van der Waals surface area (Å²) in [7, 11) is 0. The third kappa shape index (κ3) is 1.77. The van der Waals surface area contributed by atoms with Gasteiger partial charge in [-0.15, -0.1) is 0 Å². The van der Waals surface area contributed by atoms with Crippen molar-refractivity contribution in [3.05, 3.63) is 23.8 Å². The second-order valence-corrected chi connectivity index (χ2v) is 3.62. The molecule has 1 fully saturated rings. The topological polar surface area (TPSA) is 82.2 Å². The first-order valence-corrected chi connectivity index (χ1v) is 5.02. The van der Waals surface area contributed by atoms with Gasteiger partial charge in [0.25, 0.3) is 0 Å². The molecule has 0 spiro atoms. The predicted molar refractivity (Wildman–Crippen MR) is 60.8 cm³/mol. The maximum atomic E-state index is 11.3. The average Bonchev–Trinajstić information content (AvgIpc) is 2.29. The van der Waals surface area contributed by atoms with E-state index in [-0.39, 0.29) is 5.91 Å². The molecule has 0 radical (unpaired) electrons. The van der Waals surface area contributed by atoms with Crippen molar-refractivity contribution in [1.82, 2.24) is 5.32 Å². The number of rotatable bonds is 1.